The number of nitrogens with zero attached hydrogens (tertiary/aromatic N) is 3. The van der Waals surface area contributed by atoms with Gasteiger partial charge in [0.1, 0.15) is 6.23 Å². The van der Waals surface area contributed by atoms with Gasteiger partial charge in [-0.25, -0.2) is 14.6 Å². The van der Waals surface area contributed by atoms with Crippen LogP contribution in [0.4, 0.5) is 5.69 Å². The summed E-state index contributed by atoms with van der Waals surface area (Å²) in [5.74, 6) is -1.65. The Balaban J connectivity index is 0.000000349. The number of carbonyl (C=O) groups is 2. The lowest BCUT2D eigenvalue weighted by Crippen LogP contribution is -2.52. The van der Waals surface area contributed by atoms with Gasteiger partial charge in [-0.2, -0.15) is 0 Å². The van der Waals surface area contributed by atoms with Crippen molar-refractivity contribution in [2.75, 3.05) is 19.7 Å². The van der Waals surface area contributed by atoms with Gasteiger partial charge in [-0.15, -0.1) is 0 Å². The van der Waals surface area contributed by atoms with Crippen LogP contribution in [-0.2, 0) is 14.3 Å². The molecule has 0 amide bonds. The van der Waals surface area contributed by atoms with Crippen LogP contribution < -0.4 is 5.73 Å². The van der Waals surface area contributed by atoms with Crippen LogP contribution in [0.25, 0.3) is 5.57 Å². The van der Waals surface area contributed by atoms with E-state index in [1.165, 1.54) is 16.7 Å². The lowest BCUT2D eigenvalue weighted by Gasteiger charge is -2.37. The Hall–Kier alpha value is -3.95. The number of aliphatic imine (C=N–C) groups is 1. The summed E-state index contributed by atoms with van der Waals surface area (Å²) in [5, 5.41) is 15.6. The monoisotopic (exact) mass is 504 g/mol. The molecule has 3 unspecified atom stereocenters. The van der Waals surface area contributed by atoms with Gasteiger partial charge in [0.15, 0.2) is 5.96 Å². The van der Waals surface area contributed by atoms with Gasteiger partial charge in [0.05, 0.1) is 18.5 Å². The molecule has 1 aliphatic carbocycles. The molecule has 2 saturated heterocycles. The van der Waals surface area contributed by atoms with E-state index in [9.17, 15) is 9.59 Å². The van der Waals surface area contributed by atoms with E-state index in [1.54, 1.807) is 0 Å². The topological polar surface area (TPSA) is 129 Å². The van der Waals surface area contributed by atoms with Crippen molar-refractivity contribution < 1.29 is 24.5 Å². The third kappa shape index (κ3) is 6.25. The first-order chi connectivity index (χ1) is 17.8. The molecule has 3 aliphatic rings. The number of ether oxygens (including phenoxy) is 1. The first kappa shape index (κ1) is 26.1. The second kappa shape index (κ2) is 11.9. The zero-order valence-corrected chi connectivity index (χ0v) is 20.7. The smallest absolute Gasteiger partial charge is 0.328 e. The number of guanidine groups is 1. The van der Waals surface area contributed by atoms with Crippen LogP contribution >= 0.6 is 0 Å². The molecule has 0 bridgehead atoms. The number of aliphatic carboxylic acids is 2. The number of carboxylic acids is 2. The fourth-order valence-electron chi connectivity index (χ4n) is 5.16. The maximum atomic E-state index is 9.55. The lowest BCUT2D eigenvalue weighted by atomic mass is 9.98. The molecule has 37 heavy (non-hydrogen) atoms. The number of hydrogen-bond donors (Lipinski definition) is 3. The standard InChI is InChI=1S/C24H28N4O.C4H4O4/c1-17-16-21(20-11-6-5-10-19(17)20)23-27(14-15-29-23)22-12-7-13-28(22)24(25)26-18-8-3-2-4-9-18;5-3(6)1-2-4(7)8/h2-6,8-11,16,21-23H,7,12-15H2,1H3,(H2,25,26);1-2H,(H,5,6)(H,7,8)/b;2-1+. The zero-order valence-electron chi connectivity index (χ0n) is 20.7. The van der Waals surface area contributed by atoms with Gasteiger partial charge in [-0.3, -0.25) is 4.90 Å². The van der Waals surface area contributed by atoms with Crippen molar-refractivity contribution in [1.29, 1.82) is 0 Å². The molecule has 2 aliphatic heterocycles. The highest BCUT2D eigenvalue weighted by Gasteiger charge is 2.43. The lowest BCUT2D eigenvalue weighted by molar-refractivity contribution is -0.134. The summed E-state index contributed by atoms with van der Waals surface area (Å²) in [7, 11) is 0. The molecule has 9 nitrogen and oxygen atoms in total. The van der Waals surface area contributed by atoms with Crippen LogP contribution in [-0.4, -0.2) is 70.0 Å². The fourth-order valence-corrected chi connectivity index (χ4v) is 5.16. The Kier molecular flexibility index (Phi) is 8.37. The summed E-state index contributed by atoms with van der Waals surface area (Å²) in [4.78, 5) is 28.5. The van der Waals surface area contributed by atoms with Gasteiger partial charge in [-0.05, 0) is 48.6 Å². The molecule has 2 fully saturated rings. The average molecular weight is 505 g/mol. The molecular weight excluding hydrogens is 472 g/mol. The second-order valence-electron chi connectivity index (χ2n) is 9.09. The Morgan fingerprint density at radius 2 is 1.70 bits per heavy atom. The fraction of sp³-hybridized carbons (Fsp3) is 0.321. The van der Waals surface area contributed by atoms with Crippen LogP contribution in [0, 0.1) is 0 Å². The van der Waals surface area contributed by atoms with E-state index in [0.717, 1.165) is 38.2 Å². The van der Waals surface area contributed by atoms with Gasteiger partial charge >= 0.3 is 11.9 Å². The van der Waals surface area contributed by atoms with E-state index < -0.39 is 11.9 Å². The molecule has 5 rings (SSSR count). The highest BCUT2D eigenvalue weighted by atomic mass is 16.5. The summed E-state index contributed by atoms with van der Waals surface area (Å²) in [6.45, 7) is 4.82. The van der Waals surface area contributed by atoms with E-state index >= 15 is 0 Å². The van der Waals surface area contributed by atoms with Crippen molar-refractivity contribution >= 4 is 29.2 Å². The molecule has 3 atom stereocenters. The number of fused-ring (bicyclic) bond motifs is 1. The van der Waals surface area contributed by atoms with Crippen LogP contribution in [0.2, 0.25) is 0 Å². The molecule has 4 N–H and O–H groups in total. The number of benzene rings is 2. The van der Waals surface area contributed by atoms with Crippen LogP contribution in [0.5, 0.6) is 0 Å². The molecule has 0 radical (unpaired) electrons. The largest absolute Gasteiger partial charge is 0.478 e. The normalized spacial score (nSPS) is 23.5. The van der Waals surface area contributed by atoms with Crippen molar-refractivity contribution in [3.63, 3.8) is 0 Å². The van der Waals surface area contributed by atoms with Gasteiger partial charge < -0.3 is 25.6 Å². The van der Waals surface area contributed by atoms with E-state index in [0.29, 0.717) is 18.1 Å². The highest BCUT2D eigenvalue weighted by molar-refractivity contribution is 5.89. The highest BCUT2D eigenvalue weighted by Crippen LogP contribution is 2.42. The Morgan fingerprint density at radius 3 is 2.41 bits per heavy atom. The molecular formula is C28H32N4O5. The molecule has 0 saturated carbocycles. The third-order valence-corrected chi connectivity index (χ3v) is 6.71. The zero-order chi connectivity index (χ0) is 26.4. The number of hydrogen-bond acceptors (Lipinski definition) is 5. The number of allylic oxidation sites excluding steroid dienone is 1. The van der Waals surface area contributed by atoms with Crippen molar-refractivity contribution in [3.05, 3.63) is 84.0 Å². The number of rotatable bonds is 5. The number of para-hydroxylation sites is 1. The first-order valence-corrected chi connectivity index (χ1v) is 12.3. The predicted octanol–water partition coefficient (Wildman–Crippen LogP) is 3.63. The van der Waals surface area contributed by atoms with E-state index in [-0.39, 0.29) is 18.3 Å². The summed E-state index contributed by atoms with van der Waals surface area (Å²) >= 11 is 0. The minimum atomic E-state index is -1.26. The maximum absolute atomic E-state index is 9.55. The number of carboxylic acid groups (broad SMARTS) is 2. The molecule has 2 heterocycles. The van der Waals surface area contributed by atoms with E-state index in [1.807, 2.05) is 30.3 Å². The molecule has 0 spiro atoms. The average Bonchev–Trinajstić information content (AvgIpc) is 3.62. The molecule has 9 heteroatoms. The van der Waals surface area contributed by atoms with Gasteiger partial charge in [0, 0.05) is 31.2 Å². The SMILES string of the molecule is CC1=CC(C2OCCN2C2CCCN2C(N)=Nc2ccccc2)c2ccccc21.O=C(O)/C=C/C(=O)O. The molecule has 194 valence electrons. The third-order valence-electron chi connectivity index (χ3n) is 6.71. The second-order valence-corrected chi connectivity index (χ2v) is 9.09. The first-order valence-electron chi connectivity index (χ1n) is 12.3. The summed E-state index contributed by atoms with van der Waals surface area (Å²) in [6, 6.07) is 18.7. The predicted molar refractivity (Wildman–Crippen MR) is 141 cm³/mol. The van der Waals surface area contributed by atoms with Crippen LogP contribution in [0.3, 0.4) is 0 Å². The van der Waals surface area contributed by atoms with Gasteiger partial charge in [-0.1, -0.05) is 48.5 Å². The van der Waals surface area contributed by atoms with Crippen molar-refractivity contribution in [1.82, 2.24) is 9.80 Å². The van der Waals surface area contributed by atoms with Crippen molar-refractivity contribution in [3.8, 4) is 0 Å². The minimum absolute atomic E-state index is 0.0451. The Labute approximate surface area is 216 Å². The van der Waals surface area contributed by atoms with Gasteiger partial charge in [0.25, 0.3) is 0 Å². The number of nitrogens with two attached hydrogens (primary N) is 1. The van der Waals surface area contributed by atoms with Crippen LogP contribution in [0.15, 0.2) is 77.8 Å². The molecule has 2 aromatic carbocycles. The summed E-state index contributed by atoms with van der Waals surface area (Å²) in [5.41, 5.74) is 11.4. The Morgan fingerprint density at radius 1 is 1.03 bits per heavy atom. The number of likely N-dealkylation sites (tertiary alicyclic amines) is 1. The van der Waals surface area contributed by atoms with Crippen molar-refractivity contribution in [2.45, 2.75) is 38.1 Å². The summed E-state index contributed by atoms with van der Waals surface area (Å²) < 4.78 is 6.29. The maximum Gasteiger partial charge on any atom is 0.328 e. The molecule has 2 aromatic rings. The quantitative estimate of drug-likeness (QED) is 0.320. The Bertz CT molecular complexity index is 1190. The van der Waals surface area contributed by atoms with Crippen LogP contribution in [0.1, 0.15) is 36.8 Å². The van der Waals surface area contributed by atoms with E-state index in [4.69, 9.17) is 20.7 Å². The minimum Gasteiger partial charge on any atom is -0.478 e. The van der Waals surface area contributed by atoms with Crippen molar-refractivity contribution in [2.24, 2.45) is 10.7 Å². The molecule has 0 aromatic heterocycles. The van der Waals surface area contributed by atoms with Gasteiger partial charge in [0.2, 0.25) is 0 Å². The van der Waals surface area contributed by atoms with E-state index in [2.05, 4.69) is 52.1 Å². The summed E-state index contributed by atoms with van der Waals surface area (Å²) in [6.07, 6.45) is 5.97.